The molecule has 0 aromatic heterocycles. The molecule has 3 nitrogen and oxygen atoms in total. The first kappa shape index (κ1) is 11.0. The third kappa shape index (κ3) is 1.90. The van der Waals surface area contributed by atoms with Gasteiger partial charge in [0.05, 0.1) is 0 Å². The van der Waals surface area contributed by atoms with E-state index in [1.807, 2.05) is 13.0 Å². The van der Waals surface area contributed by atoms with Crippen LogP contribution in [0.15, 0.2) is 12.1 Å². The molecular weight excluding hydrogens is 204 g/mol. The number of rotatable bonds is 2. The van der Waals surface area contributed by atoms with E-state index in [9.17, 15) is 9.90 Å². The van der Waals surface area contributed by atoms with Crippen molar-refractivity contribution in [3.05, 3.63) is 28.8 Å². The Morgan fingerprint density at radius 3 is 3.00 bits per heavy atom. The minimum absolute atomic E-state index is 0.123. The Morgan fingerprint density at radius 1 is 1.56 bits per heavy atom. The van der Waals surface area contributed by atoms with Gasteiger partial charge in [-0.05, 0) is 48.6 Å². The van der Waals surface area contributed by atoms with E-state index in [2.05, 4.69) is 0 Å². The van der Waals surface area contributed by atoms with Crippen molar-refractivity contribution in [2.24, 2.45) is 0 Å². The van der Waals surface area contributed by atoms with Gasteiger partial charge < -0.3 is 9.84 Å². The second kappa shape index (κ2) is 4.16. The molecule has 1 N–H and O–H groups in total. The summed E-state index contributed by atoms with van der Waals surface area (Å²) in [4.78, 5) is 11.3. The number of hydrogen-bond acceptors (Lipinski definition) is 3. The van der Waals surface area contributed by atoms with Gasteiger partial charge in [-0.2, -0.15) is 0 Å². The molecule has 0 amide bonds. The van der Waals surface area contributed by atoms with Crippen LogP contribution in [0.25, 0.3) is 0 Å². The van der Waals surface area contributed by atoms with Crippen LogP contribution in [-0.2, 0) is 16.0 Å². The van der Waals surface area contributed by atoms with Crippen molar-refractivity contribution in [1.82, 2.24) is 0 Å². The van der Waals surface area contributed by atoms with Crippen molar-refractivity contribution < 1.29 is 14.6 Å². The van der Waals surface area contributed by atoms with Gasteiger partial charge in [0.15, 0.2) is 0 Å². The monoisotopic (exact) mass is 220 g/mol. The van der Waals surface area contributed by atoms with E-state index in [0.29, 0.717) is 12.2 Å². The molecule has 2 rings (SSSR count). The molecule has 1 aliphatic rings. The van der Waals surface area contributed by atoms with Crippen LogP contribution in [0, 0.1) is 6.92 Å². The Labute approximate surface area is 95.0 Å². The van der Waals surface area contributed by atoms with Gasteiger partial charge >= 0.3 is 5.97 Å². The van der Waals surface area contributed by atoms with Crippen LogP contribution < -0.4 is 0 Å². The van der Waals surface area contributed by atoms with Crippen molar-refractivity contribution >= 4 is 5.97 Å². The molecular formula is C13H16O3. The molecule has 1 aliphatic carbocycles. The molecule has 86 valence electrons. The lowest BCUT2D eigenvalue weighted by Crippen LogP contribution is -2.07. The smallest absolute Gasteiger partial charge is 0.306 e. The average molecular weight is 220 g/mol. The number of carbonyl (C=O) groups excluding carboxylic acids is 1. The highest BCUT2D eigenvalue weighted by Crippen LogP contribution is 2.37. The van der Waals surface area contributed by atoms with Gasteiger partial charge in [-0.25, -0.2) is 0 Å². The van der Waals surface area contributed by atoms with Crippen LogP contribution in [0.4, 0.5) is 0 Å². The maximum absolute atomic E-state index is 11.3. The maximum Gasteiger partial charge on any atom is 0.306 e. The summed E-state index contributed by atoms with van der Waals surface area (Å²) in [5.41, 5.74) is 2.98. The summed E-state index contributed by atoms with van der Waals surface area (Å²) >= 11 is 0. The summed E-state index contributed by atoms with van der Waals surface area (Å²) in [5.74, 6) is 0.157. The summed E-state index contributed by atoms with van der Waals surface area (Å²) in [5, 5.41) is 9.59. The fraction of sp³-hybridized carbons (Fsp3) is 0.462. The molecule has 0 saturated heterocycles. The largest absolute Gasteiger partial charge is 0.508 e. The van der Waals surface area contributed by atoms with Crippen LogP contribution in [0.2, 0.25) is 0 Å². The maximum atomic E-state index is 11.3. The zero-order chi connectivity index (χ0) is 11.7. The average Bonchev–Trinajstić information content (AvgIpc) is 2.62. The normalized spacial score (nSPS) is 18.2. The minimum atomic E-state index is -0.163. The van der Waals surface area contributed by atoms with Crippen LogP contribution in [0.3, 0.4) is 0 Å². The summed E-state index contributed by atoms with van der Waals surface area (Å²) in [6, 6.07) is 3.70. The second-order valence-corrected chi connectivity index (χ2v) is 4.21. The summed E-state index contributed by atoms with van der Waals surface area (Å²) in [7, 11) is 0. The number of benzene rings is 1. The first-order valence-corrected chi connectivity index (χ1v) is 5.63. The zero-order valence-electron chi connectivity index (χ0n) is 9.62. The molecule has 1 atom stereocenters. The van der Waals surface area contributed by atoms with Gasteiger partial charge in [0.25, 0.3) is 0 Å². The van der Waals surface area contributed by atoms with Crippen LogP contribution in [-0.4, -0.2) is 11.1 Å². The molecule has 0 fully saturated rings. The van der Waals surface area contributed by atoms with E-state index in [4.69, 9.17) is 4.74 Å². The fourth-order valence-corrected chi connectivity index (χ4v) is 2.08. The number of carbonyl (C=O) groups is 1. The molecule has 1 aromatic rings. The van der Waals surface area contributed by atoms with Gasteiger partial charge in [0.1, 0.15) is 11.9 Å². The standard InChI is InChI=1S/C13H16O3/c1-3-13(15)16-12-5-4-9-7-11(14)8(2)6-10(9)12/h6-7,12,14H,3-5H2,1-2H3. The Hall–Kier alpha value is -1.51. The van der Waals surface area contributed by atoms with E-state index in [0.717, 1.165) is 29.5 Å². The van der Waals surface area contributed by atoms with Gasteiger partial charge in [-0.1, -0.05) is 6.92 Å². The number of phenols is 1. The number of phenolic OH excluding ortho intramolecular Hbond substituents is 1. The van der Waals surface area contributed by atoms with Crippen LogP contribution >= 0.6 is 0 Å². The van der Waals surface area contributed by atoms with Crippen molar-refractivity contribution in [2.45, 2.75) is 39.2 Å². The SMILES string of the molecule is CCC(=O)OC1CCc2cc(O)c(C)cc21. The number of ether oxygens (including phenoxy) is 1. The summed E-state index contributed by atoms with van der Waals surface area (Å²) in [6.07, 6.45) is 1.97. The molecule has 1 aromatic carbocycles. The van der Waals surface area contributed by atoms with E-state index < -0.39 is 0 Å². The lowest BCUT2D eigenvalue weighted by Gasteiger charge is -2.13. The van der Waals surface area contributed by atoms with Crippen molar-refractivity contribution in [3.63, 3.8) is 0 Å². The first-order chi connectivity index (χ1) is 7.61. The first-order valence-electron chi connectivity index (χ1n) is 5.63. The molecule has 16 heavy (non-hydrogen) atoms. The molecule has 3 heteroatoms. The molecule has 0 heterocycles. The van der Waals surface area contributed by atoms with E-state index >= 15 is 0 Å². The van der Waals surface area contributed by atoms with Crippen molar-refractivity contribution in [2.75, 3.05) is 0 Å². The number of aromatic hydroxyl groups is 1. The van der Waals surface area contributed by atoms with Crippen molar-refractivity contribution in [3.8, 4) is 5.75 Å². The van der Waals surface area contributed by atoms with Crippen molar-refractivity contribution in [1.29, 1.82) is 0 Å². The van der Waals surface area contributed by atoms with E-state index in [1.165, 1.54) is 0 Å². The van der Waals surface area contributed by atoms with Gasteiger partial charge in [-0.15, -0.1) is 0 Å². The fourth-order valence-electron chi connectivity index (χ4n) is 2.08. The highest BCUT2D eigenvalue weighted by molar-refractivity contribution is 5.69. The molecule has 0 aliphatic heterocycles. The molecule has 1 unspecified atom stereocenters. The van der Waals surface area contributed by atoms with Gasteiger partial charge in [0, 0.05) is 6.42 Å². The molecule has 0 saturated carbocycles. The van der Waals surface area contributed by atoms with E-state index in [1.54, 1.807) is 13.0 Å². The summed E-state index contributed by atoms with van der Waals surface area (Å²) in [6.45, 7) is 3.65. The quantitative estimate of drug-likeness (QED) is 0.779. The molecule has 0 bridgehead atoms. The Morgan fingerprint density at radius 2 is 2.31 bits per heavy atom. The summed E-state index contributed by atoms with van der Waals surface area (Å²) < 4.78 is 5.36. The number of fused-ring (bicyclic) bond motifs is 1. The Kier molecular flexibility index (Phi) is 2.86. The highest BCUT2D eigenvalue weighted by atomic mass is 16.5. The Bertz CT molecular complexity index is 423. The third-order valence-corrected chi connectivity index (χ3v) is 3.04. The number of esters is 1. The second-order valence-electron chi connectivity index (χ2n) is 4.21. The number of aryl methyl sites for hydroxylation is 2. The highest BCUT2D eigenvalue weighted by Gasteiger charge is 2.26. The zero-order valence-corrected chi connectivity index (χ0v) is 9.62. The Balaban J connectivity index is 2.25. The lowest BCUT2D eigenvalue weighted by molar-refractivity contribution is -0.148. The molecule has 0 radical (unpaired) electrons. The molecule has 0 spiro atoms. The van der Waals surface area contributed by atoms with Gasteiger partial charge in [0.2, 0.25) is 0 Å². The van der Waals surface area contributed by atoms with Crippen LogP contribution in [0.5, 0.6) is 5.75 Å². The predicted octanol–water partition coefficient (Wildman–Crippen LogP) is 2.64. The minimum Gasteiger partial charge on any atom is -0.508 e. The number of hydrogen-bond donors (Lipinski definition) is 1. The lowest BCUT2D eigenvalue weighted by atomic mass is 10.1. The third-order valence-electron chi connectivity index (χ3n) is 3.04. The predicted molar refractivity (Wildman–Crippen MR) is 60.3 cm³/mol. The topological polar surface area (TPSA) is 46.5 Å². The van der Waals surface area contributed by atoms with Gasteiger partial charge in [-0.3, -0.25) is 4.79 Å². The van der Waals surface area contributed by atoms with E-state index in [-0.39, 0.29) is 12.1 Å². The van der Waals surface area contributed by atoms with Crippen LogP contribution in [0.1, 0.15) is 42.6 Å².